The molecular weight excluding hydrogens is 227 g/mol. The maximum Gasteiger partial charge on any atom is 0.252 e. The van der Waals surface area contributed by atoms with Crippen LogP contribution in [-0.4, -0.2) is 11.9 Å². The van der Waals surface area contributed by atoms with Crippen LogP contribution < -0.4 is 0 Å². The van der Waals surface area contributed by atoms with E-state index < -0.39 is 5.24 Å². The molecule has 0 aliphatic heterocycles. The molecule has 0 bridgehead atoms. The molecule has 1 nitrogen and oxygen atoms in total. The normalized spacial score (nSPS) is 10.4. The van der Waals surface area contributed by atoms with E-state index in [0.717, 1.165) is 25.7 Å². The van der Waals surface area contributed by atoms with Gasteiger partial charge in [-0.2, -0.15) is 0 Å². The second-order valence-electron chi connectivity index (χ2n) is 3.82. The summed E-state index contributed by atoms with van der Waals surface area (Å²) >= 11 is 5.34. The van der Waals surface area contributed by atoms with Crippen molar-refractivity contribution in [2.75, 3.05) is 6.67 Å². The third kappa shape index (κ3) is 4.75. The second kappa shape index (κ2) is 7.39. The van der Waals surface area contributed by atoms with E-state index in [1.807, 2.05) is 12.1 Å². The van der Waals surface area contributed by atoms with Crippen molar-refractivity contribution in [1.82, 2.24) is 0 Å². The number of benzene rings is 1. The fraction of sp³-hybridized carbons (Fsp3) is 0.462. The summed E-state index contributed by atoms with van der Waals surface area (Å²) in [5.41, 5.74) is 1.73. The molecule has 16 heavy (non-hydrogen) atoms. The van der Waals surface area contributed by atoms with Crippen LogP contribution in [0.1, 0.15) is 41.6 Å². The third-order valence-electron chi connectivity index (χ3n) is 2.53. The van der Waals surface area contributed by atoms with Crippen molar-refractivity contribution < 1.29 is 9.18 Å². The van der Waals surface area contributed by atoms with E-state index in [2.05, 4.69) is 0 Å². The number of aryl methyl sites for hydroxylation is 1. The van der Waals surface area contributed by atoms with Gasteiger partial charge in [-0.3, -0.25) is 9.18 Å². The average molecular weight is 243 g/mol. The van der Waals surface area contributed by atoms with Crippen LogP contribution >= 0.6 is 11.6 Å². The highest BCUT2D eigenvalue weighted by Crippen LogP contribution is 2.11. The van der Waals surface area contributed by atoms with Gasteiger partial charge in [0.25, 0.3) is 5.24 Å². The van der Waals surface area contributed by atoms with Gasteiger partial charge in [0, 0.05) is 5.56 Å². The van der Waals surface area contributed by atoms with Crippen molar-refractivity contribution >= 4 is 16.8 Å². The minimum Gasteiger partial charge on any atom is -0.276 e. The summed E-state index contributed by atoms with van der Waals surface area (Å²) < 4.78 is 11.8. The van der Waals surface area contributed by atoms with E-state index in [9.17, 15) is 9.18 Å². The first-order valence-electron chi connectivity index (χ1n) is 5.59. The van der Waals surface area contributed by atoms with E-state index in [0.29, 0.717) is 12.0 Å². The zero-order valence-corrected chi connectivity index (χ0v) is 9.97. The predicted molar refractivity (Wildman–Crippen MR) is 64.8 cm³/mol. The first kappa shape index (κ1) is 13.2. The quantitative estimate of drug-likeness (QED) is 0.519. The lowest BCUT2D eigenvalue weighted by Gasteiger charge is -2.01. The predicted octanol–water partition coefficient (Wildman–Crippen LogP) is 4.14. The lowest BCUT2D eigenvalue weighted by molar-refractivity contribution is 0.108. The summed E-state index contributed by atoms with van der Waals surface area (Å²) in [7, 11) is 0. The molecule has 0 N–H and O–H groups in total. The standard InChI is InChI=1S/C13H16ClFO/c14-13(16)12-8-6-11(7-9-12)5-3-1-2-4-10-15/h6-9H,1-5,10H2. The van der Waals surface area contributed by atoms with Gasteiger partial charge in [0.05, 0.1) is 6.67 Å². The Morgan fingerprint density at radius 1 is 1.06 bits per heavy atom. The Morgan fingerprint density at radius 3 is 2.25 bits per heavy atom. The SMILES string of the molecule is O=C(Cl)c1ccc(CCCCCCF)cc1. The van der Waals surface area contributed by atoms with Crippen LogP contribution in [-0.2, 0) is 6.42 Å². The summed E-state index contributed by atoms with van der Waals surface area (Å²) in [5.74, 6) is 0. The fourth-order valence-corrected chi connectivity index (χ4v) is 1.71. The summed E-state index contributed by atoms with van der Waals surface area (Å²) in [6.45, 7) is -0.216. The Labute approximate surface area is 101 Å². The maximum absolute atomic E-state index is 11.8. The number of hydrogen-bond acceptors (Lipinski definition) is 1. The van der Waals surface area contributed by atoms with Gasteiger partial charge in [0.2, 0.25) is 0 Å². The van der Waals surface area contributed by atoms with Gasteiger partial charge in [-0.25, -0.2) is 0 Å². The Morgan fingerprint density at radius 2 is 1.69 bits per heavy atom. The van der Waals surface area contributed by atoms with Crippen LogP contribution in [0.4, 0.5) is 4.39 Å². The molecule has 0 spiro atoms. The van der Waals surface area contributed by atoms with Crippen LogP contribution in [0.25, 0.3) is 0 Å². The molecule has 0 aliphatic rings. The second-order valence-corrected chi connectivity index (χ2v) is 4.17. The molecule has 0 saturated heterocycles. The summed E-state index contributed by atoms with van der Waals surface area (Å²) in [6, 6.07) is 7.33. The van der Waals surface area contributed by atoms with Crippen molar-refractivity contribution in [3.05, 3.63) is 35.4 Å². The molecule has 0 radical (unpaired) electrons. The topological polar surface area (TPSA) is 17.1 Å². The highest BCUT2D eigenvalue weighted by Gasteiger charge is 2.00. The van der Waals surface area contributed by atoms with Crippen molar-refractivity contribution in [2.24, 2.45) is 0 Å². The van der Waals surface area contributed by atoms with Crippen molar-refractivity contribution in [3.8, 4) is 0 Å². The minimum atomic E-state index is -0.422. The number of halogens is 2. The molecular formula is C13H16ClFO. The number of carbonyl (C=O) groups is 1. The molecule has 0 amide bonds. The van der Waals surface area contributed by atoms with Gasteiger partial charge >= 0.3 is 0 Å². The molecule has 0 saturated carbocycles. The van der Waals surface area contributed by atoms with Gasteiger partial charge in [0.15, 0.2) is 0 Å². The maximum atomic E-state index is 11.8. The van der Waals surface area contributed by atoms with Gasteiger partial charge in [-0.15, -0.1) is 0 Å². The van der Waals surface area contributed by atoms with Crippen molar-refractivity contribution in [1.29, 1.82) is 0 Å². The number of hydrogen-bond donors (Lipinski definition) is 0. The minimum absolute atomic E-state index is 0.216. The molecule has 0 atom stereocenters. The Bertz CT molecular complexity index is 321. The van der Waals surface area contributed by atoms with Gasteiger partial charge in [0.1, 0.15) is 0 Å². The fourth-order valence-electron chi connectivity index (χ4n) is 1.58. The molecule has 1 aromatic carbocycles. The van der Waals surface area contributed by atoms with E-state index >= 15 is 0 Å². The molecule has 0 unspecified atom stereocenters. The zero-order valence-electron chi connectivity index (χ0n) is 9.22. The van der Waals surface area contributed by atoms with Gasteiger partial charge in [-0.1, -0.05) is 25.0 Å². The number of unbranched alkanes of at least 4 members (excludes halogenated alkanes) is 3. The molecule has 1 aromatic rings. The van der Waals surface area contributed by atoms with Crippen LogP contribution in [0.15, 0.2) is 24.3 Å². The lowest BCUT2D eigenvalue weighted by atomic mass is 10.0. The largest absolute Gasteiger partial charge is 0.276 e. The Balaban J connectivity index is 2.29. The van der Waals surface area contributed by atoms with Crippen molar-refractivity contribution in [2.45, 2.75) is 32.1 Å². The molecule has 0 fully saturated rings. The van der Waals surface area contributed by atoms with E-state index in [1.54, 1.807) is 12.1 Å². The van der Waals surface area contributed by atoms with Crippen LogP contribution in [0.2, 0.25) is 0 Å². The van der Waals surface area contributed by atoms with Crippen molar-refractivity contribution in [3.63, 3.8) is 0 Å². The van der Waals surface area contributed by atoms with Gasteiger partial charge in [-0.05, 0) is 48.6 Å². The summed E-state index contributed by atoms with van der Waals surface area (Å²) in [6.07, 6.45) is 4.71. The number of rotatable bonds is 7. The van der Waals surface area contributed by atoms with E-state index in [4.69, 9.17) is 11.6 Å². The monoisotopic (exact) mass is 242 g/mol. The van der Waals surface area contributed by atoms with Crippen LogP contribution in [0.5, 0.6) is 0 Å². The van der Waals surface area contributed by atoms with Crippen LogP contribution in [0.3, 0.4) is 0 Å². The molecule has 0 aliphatic carbocycles. The first-order valence-corrected chi connectivity index (χ1v) is 5.96. The molecule has 1 rings (SSSR count). The molecule has 3 heteroatoms. The Hall–Kier alpha value is -0.890. The van der Waals surface area contributed by atoms with Gasteiger partial charge < -0.3 is 0 Å². The lowest BCUT2D eigenvalue weighted by Crippen LogP contribution is -1.91. The van der Waals surface area contributed by atoms with E-state index in [1.165, 1.54) is 5.56 Å². The molecule has 88 valence electrons. The van der Waals surface area contributed by atoms with E-state index in [-0.39, 0.29) is 6.67 Å². The first-order chi connectivity index (χ1) is 7.74. The highest BCUT2D eigenvalue weighted by molar-refractivity contribution is 6.67. The summed E-state index contributed by atoms with van der Waals surface area (Å²) in [5, 5.41) is -0.422. The molecule has 0 aromatic heterocycles. The number of carbonyl (C=O) groups excluding carboxylic acids is 1. The number of alkyl halides is 1. The summed E-state index contributed by atoms with van der Waals surface area (Å²) in [4.78, 5) is 10.8. The zero-order chi connectivity index (χ0) is 11.8. The molecule has 0 heterocycles. The highest BCUT2D eigenvalue weighted by atomic mass is 35.5. The van der Waals surface area contributed by atoms with Crippen LogP contribution in [0, 0.1) is 0 Å². The average Bonchev–Trinajstić information content (AvgIpc) is 2.29. The smallest absolute Gasteiger partial charge is 0.252 e. The Kier molecular flexibility index (Phi) is 6.09. The third-order valence-corrected chi connectivity index (χ3v) is 2.75.